The normalized spacial score (nSPS) is 25.4. The van der Waals surface area contributed by atoms with E-state index >= 15 is 0 Å². The van der Waals surface area contributed by atoms with Gasteiger partial charge in [-0.15, -0.1) is 0 Å². The molecule has 0 aromatic rings. The van der Waals surface area contributed by atoms with E-state index < -0.39 is 0 Å². The molecule has 0 saturated carbocycles. The summed E-state index contributed by atoms with van der Waals surface area (Å²) < 4.78 is 4.66. The lowest BCUT2D eigenvalue weighted by Gasteiger charge is -2.25. The zero-order chi connectivity index (χ0) is 7.56. The summed E-state index contributed by atoms with van der Waals surface area (Å²) in [7, 11) is 1.62. The van der Waals surface area contributed by atoms with Gasteiger partial charge in [0.15, 0.2) is 0 Å². The van der Waals surface area contributed by atoms with Crippen LogP contribution in [0.2, 0.25) is 0 Å². The molecule has 0 aromatic heterocycles. The maximum Gasteiger partial charge on any atom is 0.409 e. The Morgan fingerprint density at radius 2 is 2.60 bits per heavy atom. The van der Waals surface area contributed by atoms with Gasteiger partial charge in [0.1, 0.15) is 6.61 Å². The fourth-order valence-corrected chi connectivity index (χ4v) is 0.818. The van der Waals surface area contributed by atoms with Crippen molar-refractivity contribution in [1.82, 2.24) is 4.90 Å². The van der Waals surface area contributed by atoms with Crippen molar-refractivity contribution in [3.63, 3.8) is 0 Å². The molecule has 4 nitrogen and oxygen atoms in total. The fraction of sp³-hybridized carbons (Fsp3) is 0.667. The van der Waals surface area contributed by atoms with E-state index in [1.165, 1.54) is 4.90 Å². The fourth-order valence-electron chi connectivity index (χ4n) is 0.818. The Kier molecular flexibility index (Phi) is 1.76. The molecule has 1 atom stereocenters. The number of hydrogen-bond acceptors (Lipinski definition) is 3. The molecule has 0 radical (unpaired) electrons. The minimum atomic E-state index is -0.341. The number of nitriles is 1. The maximum atomic E-state index is 10.6. The molecule has 1 rings (SSSR count). The van der Waals surface area contributed by atoms with Gasteiger partial charge in [-0.3, -0.25) is 0 Å². The number of carbonyl (C=O) groups is 1. The number of ether oxygens (including phenoxy) is 1. The van der Waals surface area contributed by atoms with E-state index in [4.69, 9.17) is 5.26 Å². The first-order valence-electron chi connectivity index (χ1n) is 3.01. The number of carbonyl (C=O) groups excluding carboxylic acids is 1. The second kappa shape index (κ2) is 2.56. The van der Waals surface area contributed by atoms with E-state index in [1.807, 2.05) is 6.07 Å². The molecule has 0 aromatic carbocycles. The molecule has 54 valence electrons. The summed E-state index contributed by atoms with van der Waals surface area (Å²) in [5.41, 5.74) is 0. The summed E-state index contributed by atoms with van der Waals surface area (Å²) in [4.78, 5) is 12.1. The van der Waals surface area contributed by atoms with Crippen molar-refractivity contribution in [2.45, 2.75) is 0 Å². The van der Waals surface area contributed by atoms with E-state index in [9.17, 15) is 4.79 Å². The number of rotatable bonds is 0. The molecule has 0 aliphatic carbocycles. The third kappa shape index (κ3) is 1.18. The maximum absolute atomic E-state index is 10.6. The zero-order valence-electron chi connectivity index (χ0n) is 5.70. The predicted molar refractivity (Wildman–Crippen MR) is 33.1 cm³/mol. The van der Waals surface area contributed by atoms with Gasteiger partial charge >= 0.3 is 6.09 Å². The molecular weight excluding hydrogens is 132 g/mol. The smallest absolute Gasteiger partial charge is 0.409 e. The second-order valence-electron chi connectivity index (χ2n) is 2.28. The molecule has 4 heteroatoms. The first-order chi connectivity index (χ1) is 4.74. The van der Waals surface area contributed by atoms with Gasteiger partial charge in [-0.2, -0.15) is 5.26 Å². The van der Waals surface area contributed by atoms with Gasteiger partial charge in [0.25, 0.3) is 0 Å². The van der Waals surface area contributed by atoms with E-state index in [0.717, 1.165) is 0 Å². The van der Waals surface area contributed by atoms with Crippen molar-refractivity contribution in [3.05, 3.63) is 0 Å². The van der Waals surface area contributed by atoms with Crippen LogP contribution in [-0.2, 0) is 4.74 Å². The SMILES string of the molecule is CN1CC(C#N)COC1=O. The van der Waals surface area contributed by atoms with E-state index in [1.54, 1.807) is 7.05 Å². The van der Waals surface area contributed by atoms with Crippen LogP contribution in [-0.4, -0.2) is 31.2 Å². The van der Waals surface area contributed by atoms with Crippen molar-refractivity contribution >= 4 is 6.09 Å². The lowest BCUT2D eigenvalue weighted by molar-refractivity contribution is 0.0668. The summed E-state index contributed by atoms with van der Waals surface area (Å²) in [6.07, 6.45) is -0.341. The lowest BCUT2D eigenvalue weighted by Crippen LogP contribution is -2.39. The molecule has 0 bridgehead atoms. The highest BCUT2D eigenvalue weighted by molar-refractivity contribution is 5.68. The van der Waals surface area contributed by atoms with Crippen LogP contribution < -0.4 is 0 Å². The van der Waals surface area contributed by atoms with Crippen LogP contribution in [0.4, 0.5) is 4.79 Å². The Bertz CT molecular complexity index is 185. The predicted octanol–water partition coefficient (Wildman–Crippen LogP) is 0.208. The summed E-state index contributed by atoms with van der Waals surface area (Å²) in [5.74, 6) is -0.164. The minimum Gasteiger partial charge on any atom is -0.448 e. The molecule has 1 heterocycles. The third-order valence-electron chi connectivity index (χ3n) is 1.40. The van der Waals surface area contributed by atoms with Gasteiger partial charge in [-0.25, -0.2) is 4.79 Å². The molecule has 10 heavy (non-hydrogen) atoms. The summed E-state index contributed by atoms with van der Waals surface area (Å²) in [5, 5.41) is 8.43. The molecule has 0 N–H and O–H groups in total. The van der Waals surface area contributed by atoms with E-state index in [2.05, 4.69) is 4.74 Å². The van der Waals surface area contributed by atoms with Crippen molar-refractivity contribution in [3.8, 4) is 6.07 Å². The molecule has 1 aliphatic heterocycles. The van der Waals surface area contributed by atoms with Crippen LogP contribution in [0, 0.1) is 17.2 Å². The monoisotopic (exact) mass is 140 g/mol. The molecule has 1 amide bonds. The van der Waals surface area contributed by atoms with Crippen molar-refractivity contribution in [2.75, 3.05) is 20.2 Å². The van der Waals surface area contributed by atoms with Crippen LogP contribution in [0.5, 0.6) is 0 Å². The highest BCUT2D eigenvalue weighted by Gasteiger charge is 2.23. The first-order valence-corrected chi connectivity index (χ1v) is 3.01. The Balaban J connectivity index is 2.50. The van der Waals surface area contributed by atoms with Crippen LogP contribution in [0.3, 0.4) is 0 Å². The summed E-state index contributed by atoms with van der Waals surface area (Å²) in [6.45, 7) is 0.717. The number of cyclic esters (lactones) is 1. The average Bonchev–Trinajstić information content (AvgIpc) is 1.95. The zero-order valence-corrected chi connectivity index (χ0v) is 5.70. The van der Waals surface area contributed by atoms with Gasteiger partial charge < -0.3 is 9.64 Å². The van der Waals surface area contributed by atoms with Crippen molar-refractivity contribution in [2.24, 2.45) is 5.92 Å². The Morgan fingerprint density at radius 1 is 1.90 bits per heavy atom. The third-order valence-corrected chi connectivity index (χ3v) is 1.40. The molecular formula is C6H8N2O2. The molecule has 1 unspecified atom stereocenters. The largest absolute Gasteiger partial charge is 0.448 e. The Labute approximate surface area is 59.0 Å². The van der Waals surface area contributed by atoms with Crippen LogP contribution in [0.1, 0.15) is 0 Å². The molecule has 0 spiro atoms. The van der Waals surface area contributed by atoms with Gasteiger partial charge in [0, 0.05) is 13.6 Å². The van der Waals surface area contributed by atoms with E-state index in [-0.39, 0.29) is 18.6 Å². The van der Waals surface area contributed by atoms with E-state index in [0.29, 0.717) is 6.54 Å². The molecule has 1 aliphatic rings. The topological polar surface area (TPSA) is 53.3 Å². The number of amides is 1. The first kappa shape index (κ1) is 6.87. The highest BCUT2D eigenvalue weighted by Crippen LogP contribution is 2.07. The van der Waals surface area contributed by atoms with Crippen molar-refractivity contribution in [1.29, 1.82) is 5.26 Å². The summed E-state index contributed by atoms with van der Waals surface area (Å²) >= 11 is 0. The Hall–Kier alpha value is -1.24. The highest BCUT2D eigenvalue weighted by atomic mass is 16.6. The molecule has 1 saturated heterocycles. The molecule has 1 fully saturated rings. The standard InChI is InChI=1S/C6H8N2O2/c1-8-3-5(2-7)4-10-6(8)9/h5H,3-4H2,1H3. The van der Waals surface area contributed by atoms with Gasteiger partial charge in [0.05, 0.1) is 12.0 Å². The van der Waals surface area contributed by atoms with Crippen LogP contribution >= 0.6 is 0 Å². The van der Waals surface area contributed by atoms with Gasteiger partial charge in [0.2, 0.25) is 0 Å². The summed E-state index contributed by atoms with van der Waals surface area (Å²) in [6, 6.07) is 2.04. The number of nitrogens with zero attached hydrogens (tertiary/aromatic N) is 2. The van der Waals surface area contributed by atoms with Crippen LogP contribution in [0.25, 0.3) is 0 Å². The number of hydrogen-bond donors (Lipinski definition) is 0. The average molecular weight is 140 g/mol. The Morgan fingerprint density at radius 3 is 3.10 bits per heavy atom. The van der Waals surface area contributed by atoms with Gasteiger partial charge in [-0.1, -0.05) is 0 Å². The second-order valence-corrected chi connectivity index (χ2v) is 2.28. The minimum absolute atomic E-state index is 0.164. The van der Waals surface area contributed by atoms with Crippen LogP contribution in [0.15, 0.2) is 0 Å². The lowest BCUT2D eigenvalue weighted by atomic mass is 10.1. The van der Waals surface area contributed by atoms with Gasteiger partial charge in [-0.05, 0) is 0 Å². The quantitative estimate of drug-likeness (QED) is 0.483. The van der Waals surface area contributed by atoms with Crippen molar-refractivity contribution < 1.29 is 9.53 Å².